The van der Waals surface area contributed by atoms with Crippen LogP contribution >= 0.6 is 0 Å². The van der Waals surface area contributed by atoms with Gasteiger partial charge in [0.25, 0.3) is 0 Å². The zero-order valence-corrected chi connectivity index (χ0v) is 7.00. The molecule has 0 aliphatic carbocycles. The van der Waals surface area contributed by atoms with Crippen LogP contribution in [0.4, 0.5) is 0 Å². The summed E-state index contributed by atoms with van der Waals surface area (Å²) >= 11 is 0. The summed E-state index contributed by atoms with van der Waals surface area (Å²) in [5.74, 6) is -0.210. The number of ether oxygens (including phenoxy) is 2. The van der Waals surface area contributed by atoms with E-state index in [0.717, 1.165) is 6.42 Å². The molecular weight excluding hydrogens is 144 g/mol. The molecule has 0 aromatic carbocycles. The average molecular weight is 158 g/mol. The molecule has 0 aliphatic heterocycles. The first-order valence-corrected chi connectivity index (χ1v) is 3.52. The number of hydrogen-bond acceptors (Lipinski definition) is 3. The number of esters is 1. The molecule has 64 valence electrons. The molecule has 0 saturated carbocycles. The molecule has 3 nitrogen and oxygen atoms in total. The van der Waals surface area contributed by atoms with Gasteiger partial charge in [-0.1, -0.05) is 12.2 Å². The predicted octanol–water partition coefficient (Wildman–Crippen LogP) is 1.14. The summed E-state index contributed by atoms with van der Waals surface area (Å²) in [5.41, 5.74) is 0. The third-order valence-corrected chi connectivity index (χ3v) is 1.17. The van der Waals surface area contributed by atoms with Gasteiger partial charge in [-0.25, -0.2) is 0 Å². The van der Waals surface area contributed by atoms with Crippen LogP contribution in [0.1, 0.15) is 12.8 Å². The Hall–Kier alpha value is -0.830. The van der Waals surface area contributed by atoms with Gasteiger partial charge >= 0.3 is 5.97 Å². The predicted molar refractivity (Wildman–Crippen MR) is 42.3 cm³/mol. The summed E-state index contributed by atoms with van der Waals surface area (Å²) in [6.07, 6.45) is 4.87. The highest BCUT2D eigenvalue weighted by Crippen LogP contribution is 1.89. The molecule has 0 amide bonds. The van der Waals surface area contributed by atoms with Crippen LogP contribution in [0.5, 0.6) is 0 Å². The molecule has 0 aromatic heterocycles. The van der Waals surface area contributed by atoms with Crippen molar-refractivity contribution >= 4 is 5.97 Å². The van der Waals surface area contributed by atoms with E-state index in [1.165, 1.54) is 7.11 Å². The third kappa shape index (κ3) is 7.06. The zero-order chi connectivity index (χ0) is 8.53. The first kappa shape index (κ1) is 10.2. The molecule has 0 spiro atoms. The highest BCUT2D eigenvalue weighted by Gasteiger charge is 1.92. The van der Waals surface area contributed by atoms with Crippen molar-refractivity contribution in [2.24, 2.45) is 0 Å². The van der Waals surface area contributed by atoms with Crippen molar-refractivity contribution in [1.29, 1.82) is 0 Å². The first-order chi connectivity index (χ1) is 5.31. The second-order valence-electron chi connectivity index (χ2n) is 2.03. The Morgan fingerprint density at radius 3 is 2.64 bits per heavy atom. The van der Waals surface area contributed by atoms with E-state index in [9.17, 15) is 4.79 Å². The van der Waals surface area contributed by atoms with E-state index in [-0.39, 0.29) is 5.97 Å². The molecular formula is C8H14O3. The van der Waals surface area contributed by atoms with Crippen molar-refractivity contribution in [2.45, 2.75) is 12.8 Å². The van der Waals surface area contributed by atoms with Crippen LogP contribution in [-0.4, -0.2) is 26.8 Å². The van der Waals surface area contributed by atoms with Gasteiger partial charge in [0, 0.05) is 13.7 Å². The number of rotatable bonds is 5. The van der Waals surface area contributed by atoms with Crippen LogP contribution in [0, 0.1) is 0 Å². The van der Waals surface area contributed by atoms with E-state index in [2.05, 4.69) is 4.74 Å². The molecule has 0 aliphatic rings. The Labute approximate surface area is 67.0 Å². The fourth-order valence-corrected chi connectivity index (χ4v) is 0.567. The van der Waals surface area contributed by atoms with Crippen LogP contribution < -0.4 is 0 Å². The van der Waals surface area contributed by atoms with Crippen molar-refractivity contribution < 1.29 is 14.3 Å². The zero-order valence-electron chi connectivity index (χ0n) is 7.00. The maximum atomic E-state index is 10.5. The molecule has 0 atom stereocenters. The number of methoxy groups -OCH3 is 2. The molecule has 11 heavy (non-hydrogen) atoms. The third-order valence-electron chi connectivity index (χ3n) is 1.17. The van der Waals surface area contributed by atoms with Crippen molar-refractivity contribution in [1.82, 2.24) is 0 Å². The van der Waals surface area contributed by atoms with E-state index in [1.807, 2.05) is 6.08 Å². The van der Waals surface area contributed by atoms with Gasteiger partial charge in [-0.15, -0.1) is 0 Å². The standard InChI is InChI=1S/C8H14O3/c1-10-7-5-3-4-6-8(9)11-2/h3-4H,5-7H2,1-2H3/b4-3-. The molecule has 0 N–H and O–H groups in total. The van der Waals surface area contributed by atoms with E-state index < -0.39 is 0 Å². The Kier molecular flexibility index (Phi) is 6.73. The fraction of sp³-hybridized carbons (Fsp3) is 0.625. The van der Waals surface area contributed by atoms with Gasteiger partial charge in [0.1, 0.15) is 0 Å². The van der Waals surface area contributed by atoms with Crippen molar-refractivity contribution in [3.63, 3.8) is 0 Å². The lowest BCUT2D eigenvalue weighted by Crippen LogP contribution is -1.96. The van der Waals surface area contributed by atoms with Gasteiger partial charge < -0.3 is 9.47 Å². The maximum absolute atomic E-state index is 10.5. The van der Waals surface area contributed by atoms with E-state index >= 15 is 0 Å². The SMILES string of the molecule is COCC/C=C\CC(=O)OC. The lowest BCUT2D eigenvalue weighted by Gasteiger charge is -1.92. The summed E-state index contributed by atoms with van der Waals surface area (Å²) in [7, 11) is 3.03. The highest BCUT2D eigenvalue weighted by molar-refractivity contribution is 5.70. The quantitative estimate of drug-likeness (QED) is 0.342. The summed E-state index contributed by atoms with van der Waals surface area (Å²) in [5, 5.41) is 0. The lowest BCUT2D eigenvalue weighted by molar-refractivity contribution is -0.139. The number of carbonyl (C=O) groups excluding carboxylic acids is 1. The number of carbonyl (C=O) groups is 1. The first-order valence-electron chi connectivity index (χ1n) is 3.52. The van der Waals surface area contributed by atoms with Crippen LogP contribution in [0.15, 0.2) is 12.2 Å². The minimum Gasteiger partial charge on any atom is -0.469 e. The largest absolute Gasteiger partial charge is 0.469 e. The van der Waals surface area contributed by atoms with Crippen molar-refractivity contribution in [3.8, 4) is 0 Å². The fourth-order valence-electron chi connectivity index (χ4n) is 0.567. The topological polar surface area (TPSA) is 35.5 Å². The van der Waals surface area contributed by atoms with Crippen molar-refractivity contribution in [3.05, 3.63) is 12.2 Å². The monoisotopic (exact) mass is 158 g/mol. The molecule has 0 saturated heterocycles. The molecule has 0 bridgehead atoms. The number of hydrogen-bond donors (Lipinski definition) is 0. The Morgan fingerprint density at radius 2 is 2.09 bits per heavy atom. The van der Waals surface area contributed by atoms with Gasteiger partial charge in [0.2, 0.25) is 0 Å². The molecule has 0 fully saturated rings. The molecule has 0 heterocycles. The molecule has 0 unspecified atom stereocenters. The van der Waals surface area contributed by atoms with E-state index in [1.54, 1.807) is 13.2 Å². The van der Waals surface area contributed by atoms with Crippen molar-refractivity contribution in [2.75, 3.05) is 20.8 Å². The molecule has 0 aromatic rings. The summed E-state index contributed by atoms with van der Waals surface area (Å²) in [4.78, 5) is 10.5. The summed E-state index contributed by atoms with van der Waals surface area (Å²) in [6, 6.07) is 0. The van der Waals surface area contributed by atoms with Gasteiger partial charge in [-0.3, -0.25) is 4.79 Å². The van der Waals surface area contributed by atoms with Crippen LogP contribution in [0.25, 0.3) is 0 Å². The minimum absolute atomic E-state index is 0.210. The molecule has 0 rings (SSSR count). The van der Waals surface area contributed by atoms with E-state index in [4.69, 9.17) is 4.74 Å². The second kappa shape index (κ2) is 7.28. The Morgan fingerprint density at radius 1 is 1.36 bits per heavy atom. The van der Waals surface area contributed by atoms with Crippen LogP contribution in [0.3, 0.4) is 0 Å². The summed E-state index contributed by atoms with van der Waals surface area (Å²) < 4.78 is 9.24. The Bertz CT molecular complexity index is 129. The second-order valence-corrected chi connectivity index (χ2v) is 2.03. The van der Waals surface area contributed by atoms with Gasteiger partial charge in [0.05, 0.1) is 13.5 Å². The molecule has 0 radical (unpaired) electrons. The maximum Gasteiger partial charge on any atom is 0.309 e. The Balaban J connectivity index is 3.22. The minimum atomic E-state index is -0.210. The smallest absolute Gasteiger partial charge is 0.309 e. The lowest BCUT2D eigenvalue weighted by atomic mass is 10.3. The van der Waals surface area contributed by atoms with Gasteiger partial charge in [0.15, 0.2) is 0 Å². The normalized spacial score (nSPS) is 10.4. The van der Waals surface area contributed by atoms with Crippen LogP contribution in [-0.2, 0) is 14.3 Å². The van der Waals surface area contributed by atoms with Crippen LogP contribution in [0.2, 0.25) is 0 Å². The molecule has 3 heteroatoms. The highest BCUT2D eigenvalue weighted by atomic mass is 16.5. The van der Waals surface area contributed by atoms with Gasteiger partial charge in [-0.05, 0) is 6.42 Å². The van der Waals surface area contributed by atoms with E-state index in [0.29, 0.717) is 13.0 Å². The average Bonchev–Trinajstić information content (AvgIpc) is 2.04. The summed E-state index contributed by atoms with van der Waals surface area (Å²) in [6.45, 7) is 0.692. The van der Waals surface area contributed by atoms with Gasteiger partial charge in [-0.2, -0.15) is 0 Å².